The second kappa shape index (κ2) is 10.8. The number of pyridine rings is 1. The normalized spacial score (nSPS) is 12.1. The number of para-hydroxylation sites is 1. The quantitative estimate of drug-likeness (QED) is 0.165. The molecule has 0 amide bonds. The third kappa shape index (κ3) is 5.91. The van der Waals surface area contributed by atoms with Crippen molar-refractivity contribution in [2.24, 2.45) is 0 Å². The lowest BCUT2D eigenvalue weighted by Crippen LogP contribution is -2.00. The molecule has 34 heavy (non-hydrogen) atoms. The van der Waals surface area contributed by atoms with Gasteiger partial charge in [0.05, 0.1) is 11.2 Å². The number of carboxylic acid groups (broad SMARTS) is 1. The van der Waals surface area contributed by atoms with E-state index in [0.717, 1.165) is 33.3 Å². The third-order valence-electron chi connectivity index (χ3n) is 5.41. The zero-order valence-corrected chi connectivity index (χ0v) is 19.5. The third-order valence-corrected chi connectivity index (χ3v) is 5.66. The number of halogens is 1. The van der Waals surface area contributed by atoms with Crippen LogP contribution in [0.5, 0.6) is 5.75 Å². The van der Waals surface area contributed by atoms with E-state index in [1.807, 2.05) is 97.9 Å². The number of rotatable bonds is 8. The second-order valence-electron chi connectivity index (χ2n) is 7.79. The minimum absolute atomic E-state index is 0.336. The van der Waals surface area contributed by atoms with Crippen LogP contribution in [0.2, 0.25) is 5.02 Å². The molecule has 1 heterocycles. The number of fused-ring (bicyclic) bond motifs is 1. The van der Waals surface area contributed by atoms with Crippen molar-refractivity contribution in [2.75, 3.05) is 0 Å². The molecule has 0 fully saturated rings. The van der Waals surface area contributed by atoms with Crippen molar-refractivity contribution >= 4 is 40.1 Å². The van der Waals surface area contributed by atoms with Gasteiger partial charge in [-0.3, -0.25) is 0 Å². The number of carboxylic acids is 1. The summed E-state index contributed by atoms with van der Waals surface area (Å²) in [4.78, 5) is 16.3. The summed E-state index contributed by atoms with van der Waals surface area (Å²) in [5.41, 5.74) is 4.74. The molecule has 1 N–H and O–H groups in total. The highest BCUT2D eigenvalue weighted by Crippen LogP contribution is 2.25. The topological polar surface area (TPSA) is 59.4 Å². The summed E-state index contributed by atoms with van der Waals surface area (Å²) < 4.78 is 5.94. The van der Waals surface area contributed by atoms with Crippen LogP contribution in [0.1, 0.15) is 30.2 Å². The fourth-order valence-electron chi connectivity index (χ4n) is 3.54. The first kappa shape index (κ1) is 23.3. The summed E-state index contributed by atoms with van der Waals surface area (Å²) >= 11 is 6.00. The Kier molecular flexibility index (Phi) is 7.41. The van der Waals surface area contributed by atoms with Gasteiger partial charge in [-0.25, -0.2) is 9.78 Å². The monoisotopic (exact) mass is 469 g/mol. The van der Waals surface area contributed by atoms with E-state index in [9.17, 15) is 9.90 Å². The van der Waals surface area contributed by atoms with Gasteiger partial charge in [-0.15, -0.1) is 0 Å². The molecule has 0 saturated heterocycles. The number of aliphatic carboxylic acids is 1. The molecule has 3 aromatic carbocycles. The molecule has 1 aromatic heterocycles. The van der Waals surface area contributed by atoms with Gasteiger partial charge >= 0.3 is 5.97 Å². The molecule has 170 valence electrons. The molecule has 0 aliphatic heterocycles. The largest absolute Gasteiger partial charge is 0.487 e. The van der Waals surface area contributed by atoms with E-state index < -0.39 is 5.97 Å². The zero-order chi connectivity index (χ0) is 23.9. The van der Waals surface area contributed by atoms with E-state index in [4.69, 9.17) is 16.3 Å². The van der Waals surface area contributed by atoms with Crippen LogP contribution in [0, 0.1) is 0 Å². The number of hydrogen-bond donors (Lipinski definition) is 1. The number of carbonyl (C=O) groups is 1. The molecule has 0 aliphatic rings. The van der Waals surface area contributed by atoms with E-state index in [1.165, 1.54) is 0 Å². The Bertz CT molecular complexity index is 1360. The van der Waals surface area contributed by atoms with Gasteiger partial charge in [0.15, 0.2) is 0 Å². The van der Waals surface area contributed by atoms with Crippen molar-refractivity contribution in [3.63, 3.8) is 0 Å². The SMILES string of the molecule is CCC(=CC(=Cc1ccc(Cl)cc1)c1ccc(OCc2ccc3ccccc3n2)cc1)C(=O)O. The van der Waals surface area contributed by atoms with Crippen LogP contribution >= 0.6 is 11.6 Å². The second-order valence-corrected chi connectivity index (χ2v) is 8.22. The summed E-state index contributed by atoms with van der Waals surface area (Å²) in [7, 11) is 0. The predicted octanol–water partition coefficient (Wildman–Crippen LogP) is 7.43. The standard InChI is InChI=1S/C29H24ClNO3/c1-2-21(29(32)33)18-24(17-20-7-12-25(30)13-8-20)22-10-15-27(16-11-22)34-19-26-14-9-23-5-3-4-6-28(23)31-26/h3-18H,2,19H2,1H3,(H,32,33). The predicted molar refractivity (Wildman–Crippen MR) is 138 cm³/mol. The fraction of sp³-hybridized carbons (Fsp3) is 0.103. The van der Waals surface area contributed by atoms with E-state index in [-0.39, 0.29) is 0 Å². The van der Waals surface area contributed by atoms with Crippen molar-refractivity contribution in [1.82, 2.24) is 4.98 Å². The van der Waals surface area contributed by atoms with Gasteiger partial charge in [-0.05, 0) is 71.7 Å². The van der Waals surface area contributed by atoms with Crippen LogP contribution in [0.25, 0.3) is 22.6 Å². The Labute approximate surface area is 203 Å². The highest BCUT2D eigenvalue weighted by atomic mass is 35.5. The lowest BCUT2D eigenvalue weighted by atomic mass is 9.99. The number of allylic oxidation sites excluding steroid dienone is 2. The van der Waals surface area contributed by atoms with Gasteiger partial charge in [0.25, 0.3) is 0 Å². The van der Waals surface area contributed by atoms with Crippen LogP contribution in [-0.2, 0) is 11.4 Å². The van der Waals surface area contributed by atoms with Gasteiger partial charge < -0.3 is 9.84 Å². The summed E-state index contributed by atoms with van der Waals surface area (Å²) in [5, 5.41) is 11.3. The molecule has 0 saturated carbocycles. The molecule has 0 unspecified atom stereocenters. The highest BCUT2D eigenvalue weighted by molar-refractivity contribution is 6.30. The van der Waals surface area contributed by atoms with E-state index >= 15 is 0 Å². The number of hydrogen-bond acceptors (Lipinski definition) is 3. The number of nitrogens with zero attached hydrogens (tertiary/aromatic N) is 1. The molecule has 4 nitrogen and oxygen atoms in total. The molecule has 0 aliphatic carbocycles. The van der Waals surface area contributed by atoms with Crippen molar-refractivity contribution in [3.8, 4) is 5.75 Å². The zero-order valence-electron chi connectivity index (χ0n) is 18.7. The number of ether oxygens (including phenoxy) is 1. The molecule has 0 radical (unpaired) electrons. The van der Waals surface area contributed by atoms with Crippen molar-refractivity contribution in [1.29, 1.82) is 0 Å². The minimum atomic E-state index is -0.924. The van der Waals surface area contributed by atoms with Crippen LogP contribution in [0.4, 0.5) is 0 Å². The smallest absolute Gasteiger partial charge is 0.331 e. The van der Waals surface area contributed by atoms with Crippen molar-refractivity contribution in [3.05, 3.63) is 118 Å². The van der Waals surface area contributed by atoms with Crippen molar-refractivity contribution < 1.29 is 14.6 Å². The summed E-state index contributed by atoms with van der Waals surface area (Å²) in [5.74, 6) is -0.213. The fourth-order valence-corrected chi connectivity index (χ4v) is 3.67. The molecular weight excluding hydrogens is 446 g/mol. The van der Waals surface area contributed by atoms with Gasteiger partial charge in [0.2, 0.25) is 0 Å². The molecule has 0 bridgehead atoms. The van der Waals surface area contributed by atoms with Crippen molar-refractivity contribution in [2.45, 2.75) is 20.0 Å². The van der Waals surface area contributed by atoms with Crippen LogP contribution < -0.4 is 4.74 Å². The average molecular weight is 470 g/mol. The first-order valence-electron chi connectivity index (χ1n) is 11.0. The summed E-state index contributed by atoms with van der Waals surface area (Å²) in [6.45, 7) is 2.19. The van der Waals surface area contributed by atoms with Crippen LogP contribution in [-0.4, -0.2) is 16.1 Å². The average Bonchev–Trinajstić information content (AvgIpc) is 2.86. The maximum atomic E-state index is 11.6. The Hall–Kier alpha value is -3.89. The van der Waals surface area contributed by atoms with Gasteiger partial charge in [0, 0.05) is 16.0 Å². The lowest BCUT2D eigenvalue weighted by molar-refractivity contribution is -0.132. The number of benzene rings is 3. The van der Waals surface area contributed by atoms with Crippen LogP contribution in [0.3, 0.4) is 0 Å². The Morgan fingerprint density at radius 1 is 0.971 bits per heavy atom. The van der Waals surface area contributed by atoms with E-state index in [0.29, 0.717) is 29.4 Å². The highest BCUT2D eigenvalue weighted by Gasteiger charge is 2.08. The minimum Gasteiger partial charge on any atom is -0.487 e. The Morgan fingerprint density at radius 2 is 1.71 bits per heavy atom. The molecule has 4 rings (SSSR count). The maximum Gasteiger partial charge on any atom is 0.331 e. The molecular formula is C29H24ClNO3. The molecule has 0 spiro atoms. The molecule has 0 atom stereocenters. The van der Waals surface area contributed by atoms with Crippen LogP contribution in [0.15, 0.2) is 96.6 Å². The maximum absolute atomic E-state index is 11.6. The van der Waals surface area contributed by atoms with Gasteiger partial charge in [0.1, 0.15) is 12.4 Å². The van der Waals surface area contributed by atoms with E-state index in [2.05, 4.69) is 4.98 Å². The lowest BCUT2D eigenvalue weighted by Gasteiger charge is -2.10. The summed E-state index contributed by atoms with van der Waals surface area (Å²) in [6, 6.07) is 27.0. The first-order valence-corrected chi connectivity index (χ1v) is 11.4. The van der Waals surface area contributed by atoms with E-state index in [1.54, 1.807) is 6.08 Å². The summed E-state index contributed by atoms with van der Waals surface area (Å²) in [6.07, 6.45) is 4.09. The first-order chi connectivity index (χ1) is 16.5. The van der Waals surface area contributed by atoms with Gasteiger partial charge in [-0.1, -0.05) is 67.1 Å². The Balaban J connectivity index is 1.56. The molecule has 5 heteroatoms. The molecule has 4 aromatic rings. The Morgan fingerprint density at radius 3 is 2.41 bits per heavy atom. The van der Waals surface area contributed by atoms with Gasteiger partial charge in [-0.2, -0.15) is 0 Å². The number of aromatic nitrogens is 1.